The molecule has 3 rings (SSSR count). The van der Waals surface area contributed by atoms with Gasteiger partial charge in [0.2, 0.25) is 10.0 Å². The predicted molar refractivity (Wildman–Crippen MR) is 119 cm³/mol. The van der Waals surface area contributed by atoms with Gasteiger partial charge in [-0.1, -0.05) is 29.4 Å². The number of aromatic nitrogens is 2. The van der Waals surface area contributed by atoms with Gasteiger partial charge >= 0.3 is 0 Å². The standard InChI is InChI=1S/C19H20ClN3O3S3/c1-13-15(20)4-3-5-16(13)23-11-10-21-19(23)27-12-17(24)18-7-6-14(28-18)8-9-22-29(2,25)26/h3-7,10-11,22H,8-9,12H2,1-2H3. The number of Topliss-reactive ketones (excluding diaryl/α,β-unsaturated/α-hetero) is 1. The summed E-state index contributed by atoms with van der Waals surface area (Å²) in [7, 11) is -3.20. The zero-order valence-corrected chi connectivity index (χ0v) is 19.1. The highest BCUT2D eigenvalue weighted by Crippen LogP contribution is 2.27. The van der Waals surface area contributed by atoms with Crippen LogP contribution in [0.5, 0.6) is 0 Å². The molecule has 0 radical (unpaired) electrons. The molecule has 1 N–H and O–H groups in total. The first kappa shape index (κ1) is 22.0. The second-order valence-corrected chi connectivity index (χ2v) is 10.7. The van der Waals surface area contributed by atoms with Gasteiger partial charge in [-0.05, 0) is 43.2 Å². The van der Waals surface area contributed by atoms with Crippen molar-refractivity contribution in [1.82, 2.24) is 14.3 Å². The van der Waals surface area contributed by atoms with Gasteiger partial charge in [0.05, 0.1) is 22.6 Å². The number of carbonyl (C=O) groups excluding carboxylic acids is 1. The van der Waals surface area contributed by atoms with Crippen LogP contribution in [0.15, 0.2) is 47.9 Å². The third-order valence-electron chi connectivity index (χ3n) is 4.11. The molecule has 6 nitrogen and oxygen atoms in total. The number of sulfonamides is 1. The van der Waals surface area contributed by atoms with E-state index < -0.39 is 10.0 Å². The Bertz CT molecular complexity index is 1120. The Morgan fingerprint density at radius 2 is 2.10 bits per heavy atom. The normalized spacial score (nSPS) is 11.7. The minimum atomic E-state index is -3.20. The smallest absolute Gasteiger partial charge is 0.208 e. The summed E-state index contributed by atoms with van der Waals surface area (Å²) in [5, 5.41) is 1.40. The van der Waals surface area contributed by atoms with Crippen molar-refractivity contribution in [3.8, 4) is 5.69 Å². The second kappa shape index (κ2) is 9.44. The number of thiophene rings is 1. The van der Waals surface area contributed by atoms with Crippen LogP contribution in [0.1, 0.15) is 20.1 Å². The van der Waals surface area contributed by atoms with E-state index in [1.54, 1.807) is 12.3 Å². The molecule has 0 aliphatic carbocycles. The van der Waals surface area contributed by atoms with Crippen LogP contribution in [-0.2, 0) is 16.4 Å². The van der Waals surface area contributed by atoms with Gasteiger partial charge in [-0.2, -0.15) is 0 Å². The quantitative estimate of drug-likeness (QED) is 0.379. The summed E-state index contributed by atoms with van der Waals surface area (Å²) in [5.41, 5.74) is 1.88. The number of nitrogens with zero attached hydrogens (tertiary/aromatic N) is 2. The number of hydrogen-bond acceptors (Lipinski definition) is 6. The molecule has 0 fully saturated rings. The Balaban J connectivity index is 1.62. The van der Waals surface area contributed by atoms with E-state index in [1.165, 1.54) is 23.1 Å². The summed E-state index contributed by atoms with van der Waals surface area (Å²) in [6.07, 6.45) is 5.23. The first-order valence-electron chi connectivity index (χ1n) is 8.73. The predicted octanol–water partition coefficient (Wildman–Crippen LogP) is 3.96. The van der Waals surface area contributed by atoms with E-state index in [2.05, 4.69) is 9.71 Å². The maximum absolute atomic E-state index is 12.6. The molecule has 0 saturated carbocycles. The highest BCUT2D eigenvalue weighted by atomic mass is 35.5. The zero-order valence-electron chi connectivity index (χ0n) is 15.9. The first-order chi connectivity index (χ1) is 13.7. The number of rotatable bonds is 9. The minimum Gasteiger partial charge on any atom is -0.295 e. The summed E-state index contributed by atoms with van der Waals surface area (Å²) >= 11 is 8.99. The summed E-state index contributed by atoms with van der Waals surface area (Å²) < 4.78 is 26.6. The Morgan fingerprint density at radius 1 is 1.31 bits per heavy atom. The van der Waals surface area contributed by atoms with E-state index in [4.69, 9.17) is 11.6 Å². The fraction of sp³-hybridized carbons (Fsp3) is 0.263. The van der Waals surface area contributed by atoms with Crippen LogP contribution in [0, 0.1) is 6.92 Å². The highest BCUT2D eigenvalue weighted by Gasteiger charge is 2.14. The lowest BCUT2D eigenvalue weighted by Gasteiger charge is -2.11. The second-order valence-electron chi connectivity index (χ2n) is 6.36. The Hall–Kier alpha value is -1.65. The summed E-state index contributed by atoms with van der Waals surface area (Å²) in [5.74, 6) is 0.276. The van der Waals surface area contributed by atoms with Crippen LogP contribution in [-0.4, -0.2) is 42.3 Å². The van der Waals surface area contributed by atoms with E-state index in [0.29, 0.717) is 22.9 Å². The lowest BCUT2D eigenvalue weighted by atomic mass is 10.2. The topological polar surface area (TPSA) is 81.1 Å². The Labute approximate surface area is 183 Å². The number of hydrogen-bond donors (Lipinski definition) is 1. The van der Waals surface area contributed by atoms with Gasteiger partial charge in [-0.3, -0.25) is 9.36 Å². The maximum atomic E-state index is 12.6. The number of thioether (sulfide) groups is 1. The maximum Gasteiger partial charge on any atom is 0.208 e. The molecule has 2 aromatic heterocycles. The van der Waals surface area contributed by atoms with Crippen molar-refractivity contribution in [2.24, 2.45) is 0 Å². The molecule has 0 atom stereocenters. The molecule has 0 spiro atoms. The molecule has 0 bridgehead atoms. The lowest BCUT2D eigenvalue weighted by molar-refractivity contribution is 0.102. The van der Waals surface area contributed by atoms with Crippen LogP contribution in [0.3, 0.4) is 0 Å². The number of carbonyl (C=O) groups is 1. The fourth-order valence-electron chi connectivity index (χ4n) is 2.66. The SMILES string of the molecule is Cc1c(Cl)cccc1-n1ccnc1SCC(=O)c1ccc(CCNS(C)(=O)=O)s1. The van der Waals surface area contributed by atoms with Gasteiger partial charge in [0.1, 0.15) is 0 Å². The number of halogens is 1. The molecular formula is C19H20ClN3O3S3. The molecule has 0 aliphatic rings. The molecular weight excluding hydrogens is 450 g/mol. The van der Waals surface area contributed by atoms with Crippen molar-refractivity contribution in [3.63, 3.8) is 0 Å². The van der Waals surface area contributed by atoms with Crippen molar-refractivity contribution >= 4 is 50.5 Å². The van der Waals surface area contributed by atoms with Gasteiger partial charge in [-0.25, -0.2) is 18.1 Å². The molecule has 1 aromatic carbocycles. The number of ketones is 1. The van der Waals surface area contributed by atoms with E-state index in [9.17, 15) is 13.2 Å². The van der Waals surface area contributed by atoms with Gasteiger partial charge < -0.3 is 0 Å². The van der Waals surface area contributed by atoms with Gasteiger partial charge in [0.15, 0.2) is 10.9 Å². The molecule has 0 saturated heterocycles. The van der Waals surface area contributed by atoms with E-state index >= 15 is 0 Å². The number of benzene rings is 1. The molecule has 29 heavy (non-hydrogen) atoms. The third kappa shape index (κ3) is 5.93. The molecule has 3 aromatic rings. The fourth-order valence-corrected chi connectivity index (χ4v) is 5.19. The monoisotopic (exact) mass is 469 g/mol. The van der Waals surface area contributed by atoms with Crippen molar-refractivity contribution < 1.29 is 13.2 Å². The van der Waals surface area contributed by atoms with Crippen LogP contribution >= 0.6 is 34.7 Å². The van der Waals surface area contributed by atoms with Gasteiger partial charge in [0.25, 0.3) is 0 Å². The molecule has 10 heteroatoms. The van der Waals surface area contributed by atoms with Crippen molar-refractivity contribution in [1.29, 1.82) is 0 Å². The summed E-state index contributed by atoms with van der Waals surface area (Å²) in [6.45, 7) is 2.27. The number of imidazole rings is 1. The lowest BCUT2D eigenvalue weighted by Crippen LogP contribution is -2.23. The Morgan fingerprint density at radius 3 is 2.86 bits per heavy atom. The van der Waals surface area contributed by atoms with Crippen molar-refractivity contribution in [2.45, 2.75) is 18.5 Å². The van der Waals surface area contributed by atoms with Crippen molar-refractivity contribution in [3.05, 3.63) is 63.1 Å². The largest absolute Gasteiger partial charge is 0.295 e. The van der Waals surface area contributed by atoms with E-state index in [-0.39, 0.29) is 11.5 Å². The number of nitrogens with one attached hydrogen (secondary N) is 1. The summed E-state index contributed by atoms with van der Waals surface area (Å²) in [4.78, 5) is 18.6. The molecule has 0 amide bonds. The van der Waals surface area contributed by atoms with Crippen LogP contribution in [0.25, 0.3) is 5.69 Å². The minimum absolute atomic E-state index is 0.0136. The van der Waals surface area contributed by atoms with Crippen molar-refractivity contribution in [2.75, 3.05) is 18.6 Å². The molecule has 0 unspecified atom stereocenters. The Kier molecular flexibility index (Phi) is 7.18. The van der Waals surface area contributed by atoms with Crippen LogP contribution in [0.4, 0.5) is 0 Å². The third-order valence-corrected chi connectivity index (χ3v) is 7.40. The molecule has 154 valence electrons. The van der Waals surface area contributed by atoms with Crippen LogP contribution in [0.2, 0.25) is 5.02 Å². The highest BCUT2D eigenvalue weighted by molar-refractivity contribution is 7.99. The molecule has 0 aliphatic heterocycles. The van der Waals surface area contributed by atoms with Gasteiger partial charge in [0, 0.05) is 28.8 Å². The van der Waals surface area contributed by atoms with E-state index in [0.717, 1.165) is 27.5 Å². The first-order valence-corrected chi connectivity index (χ1v) is 12.8. The molecule has 2 heterocycles. The summed E-state index contributed by atoms with van der Waals surface area (Å²) in [6, 6.07) is 9.34. The van der Waals surface area contributed by atoms with Gasteiger partial charge in [-0.15, -0.1) is 11.3 Å². The zero-order chi connectivity index (χ0) is 21.0. The van der Waals surface area contributed by atoms with Crippen LogP contribution < -0.4 is 4.72 Å². The van der Waals surface area contributed by atoms with E-state index in [1.807, 2.05) is 42.0 Å². The average molecular weight is 470 g/mol. The average Bonchev–Trinajstić information content (AvgIpc) is 3.30.